The monoisotopic (exact) mass is 335 g/mol. The minimum Gasteiger partial charge on any atom is -0.313 e. The minimum atomic E-state index is -3.70. The summed E-state index contributed by atoms with van der Waals surface area (Å²) in [6.45, 7) is 3.02. The van der Waals surface area contributed by atoms with Crippen LogP contribution >= 0.6 is 0 Å². The van der Waals surface area contributed by atoms with Gasteiger partial charge in [0.15, 0.2) is 0 Å². The van der Waals surface area contributed by atoms with Crippen molar-refractivity contribution in [2.24, 2.45) is 0 Å². The number of benzene rings is 1. The number of pyridine rings is 1. The van der Waals surface area contributed by atoms with Crippen LogP contribution in [0.2, 0.25) is 0 Å². The first-order chi connectivity index (χ1) is 11.0. The van der Waals surface area contributed by atoms with Crippen LogP contribution in [0.15, 0.2) is 47.6 Å². The predicted octanol–water partition coefficient (Wildman–Crippen LogP) is 1.86. The fourth-order valence-corrected chi connectivity index (χ4v) is 4.44. The number of nitrogens with one attached hydrogen (secondary N) is 1. The predicted molar refractivity (Wildman–Crippen MR) is 84.9 cm³/mol. The second kappa shape index (κ2) is 6.35. The zero-order valence-corrected chi connectivity index (χ0v) is 13.6. The van der Waals surface area contributed by atoms with Crippen LogP contribution in [-0.2, 0) is 10.0 Å². The summed E-state index contributed by atoms with van der Waals surface area (Å²) >= 11 is 0. The molecular formula is C16H18FN3O2S. The van der Waals surface area contributed by atoms with Crippen LogP contribution in [0.1, 0.15) is 17.2 Å². The van der Waals surface area contributed by atoms with Crippen LogP contribution in [-0.4, -0.2) is 37.3 Å². The molecule has 3 rings (SSSR count). The van der Waals surface area contributed by atoms with Crippen molar-refractivity contribution >= 4 is 10.0 Å². The molecule has 1 unspecified atom stereocenters. The van der Waals surface area contributed by atoms with Gasteiger partial charge in [0.2, 0.25) is 10.0 Å². The van der Waals surface area contributed by atoms with E-state index in [0.717, 1.165) is 5.56 Å². The van der Waals surface area contributed by atoms with E-state index in [0.29, 0.717) is 25.2 Å². The van der Waals surface area contributed by atoms with Crippen molar-refractivity contribution < 1.29 is 12.8 Å². The SMILES string of the molecule is Cc1cc(S(=O)(=O)N2CCNCC2c2cccnc2)ccc1F. The molecule has 0 saturated carbocycles. The second-order valence-electron chi connectivity index (χ2n) is 5.53. The largest absolute Gasteiger partial charge is 0.313 e. The zero-order chi connectivity index (χ0) is 16.4. The summed E-state index contributed by atoms with van der Waals surface area (Å²) in [5.41, 5.74) is 1.15. The van der Waals surface area contributed by atoms with Gasteiger partial charge in [-0.1, -0.05) is 6.07 Å². The summed E-state index contributed by atoms with van der Waals surface area (Å²) in [7, 11) is -3.70. The van der Waals surface area contributed by atoms with Crippen molar-refractivity contribution in [1.82, 2.24) is 14.6 Å². The molecule has 2 aromatic rings. The van der Waals surface area contributed by atoms with E-state index in [1.54, 1.807) is 25.4 Å². The van der Waals surface area contributed by atoms with Crippen molar-refractivity contribution in [3.63, 3.8) is 0 Å². The maximum absolute atomic E-state index is 13.4. The molecule has 0 spiro atoms. The van der Waals surface area contributed by atoms with Crippen LogP contribution in [0.3, 0.4) is 0 Å². The van der Waals surface area contributed by atoms with Gasteiger partial charge in [0.1, 0.15) is 5.82 Å². The van der Waals surface area contributed by atoms with Crippen molar-refractivity contribution in [1.29, 1.82) is 0 Å². The van der Waals surface area contributed by atoms with Crippen molar-refractivity contribution in [2.45, 2.75) is 17.9 Å². The summed E-state index contributed by atoms with van der Waals surface area (Å²) < 4.78 is 40.9. The number of hydrogen-bond acceptors (Lipinski definition) is 4. The molecule has 1 saturated heterocycles. The molecule has 1 aromatic carbocycles. The normalized spacial score (nSPS) is 19.7. The molecule has 1 atom stereocenters. The average molecular weight is 335 g/mol. The van der Waals surface area contributed by atoms with E-state index in [1.165, 1.54) is 22.5 Å². The van der Waals surface area contributed by atoms with Gasteiger partial charge in [0.05, 0.1) is 10.9 Å². The Labute approximate surface area is 135 Å². The van der Waals surface area contributed by atoms with E-state index in [9.17, 15) is 12.8 Å². The number of piperazine rings is 1. The standard InChI is InChI=1S/C16H18FN3O2S/c1-12-9-14(4-5-15(12)17)23(21,22)20-8-7-19-11-16(20)13-3-2-6-18-10-13/h2-6,9-10,16,19H,7-8,11H2,1H3. The fourth-order valence-electron chi connectivity index (χ4n) is 2.74. The first-order valence-electron chi connectivity index (χ1n) is 7.39. The van der Waals surface area contributed by atoms with Gasteiger partial charge in [0.25, 0.3) is 0 Å². The lowest BCUT2D eigenvalue weighted by Crippen LogP contribution is -2.48. The molecule has 0 aliphatic carbocycles. The lowest BCUT2D eigenvalue weighted by atomic mass is 10.1. The molecule has 0 radical (unpaired) electrons. The highest BCUT2D eigenvalue weighted by Gasteiger charge is 2.34. The lowest BCUT2D eigenvalue weighted by molar-refractivity contribution is 0.271. The van der Waals surface area contributed by atoms with Gasteiger partial charge in [-0.3, -0.25) is 4.98 Å². The molecule has 5 nitrogen and oxygen atoms in total. The maximum atomic E-state index is 13.4. The summed E-state index contributed by atoms with van der Waals surface area (Å²) in [5, 5.41) is 3.21. The van der Waals surface area contributed by atoms with Gasteiger partial charge in [-0.2, -0.15) is 4.31 Å². The van der Waals surface area contributed by atoms with E-state index in [4.69, 9.17) is 0 Å². The van der Waals surface area contributed by atoms with E-state index in [1.807, 2.05) is 6.07 Å². The molecule has 1 aromatic heterocycles. The number of sulfonamides is 1. The first kappa shape index (κ1) is 16.0. The third kappa shape index (κ3) is 3.12. The molecule has 0 bridgehead atoms. The van der Waals surface area contributed by atoms with Gasteiger partial charge in [-0.05, 0) is 42.3 Å². The summed E-state index contributed by atoms with van der Waals surface area (Å²) in [5.74, 6) is -0.409. The molecule has 1 fully saturated rings. The Kier molecular flexibility index (Phi) is 4.43. The van der Waals surface area contributed by atoms with Gasteiger partial charge >= 0.3 is 0 Å². The number of hydrogen-bond donors (Lipinski definition) is 1. The van der Waals surface area contributed by atoms with Gasteiger partial charge in [0, 0.05) is 32.0 Å². The number of aryl methyl sites for hydroxylation is 1. The molecule has 1 aliphatic heterocycles. The summed E-state index contributed by atoms with van der Waals surface area (Å²) in [6.07, 6.45) is 3.33. The molecule has 7 heteroatoms. The van der Waals surface area contributed by atoms with Gasteiger partial charge in [-0.25, -0.2) is 12.8 Å². The van der Waals surface area contributed by atoms with E-state index < -0.39 is 15.8 Å². The van der Waals surface area contributed by atoms with Gasteiger partial charge < -0.3 is 5.32 Å². The van der Waals surface area contributed by atoms with Gasteiger partial charge in [-0.15, -0.1) is 0 Å². The van der Waals surface area contributed by atoms with E-state index >= 15 is 0 Å². The zero-order valence-electron chi connectivity index (χ0n) is 12.7. The van der Waals surface area contributed by atoms with Crippen LogP contribution < -0.4 is 5.32 Å². The molecule has 1 N–H and O–H groups in total. The van der Waals surface area contributed by atoms with Crippen molar-refractivity contribution in [2.75, 3.05) is 19.6 Å². The third-order valence-electron chi connectivity index (χ3n) is 4.00. The Bertz CT molecular complexity index is 796. The topological polar surface area (TPSA) is 62.3 Å². The highest BCUT2D eigenvalue weighted by molar-refractivity contribution is 7.89. The molecule has 0 amide bonds. The Balaban J connectivity index is 2.00. The van der Waals surface area contributed by atoms with Crippen LogP contribution in [0.5, 0.6) is 0 Å². The van der Waals surface area contributed by atoms with Crippen molar-refractivity contribution in [3.8, 4) is 0 Å². The smallest absolute Gasteiger partial charge is 0.243 e. The van der Waals surface area contributed by atoms with Crippen LogP contribution in [0.4, 0.5) is 4.39 Å². The highest BCUT2D eigenvalue weighted by Crippen LogP contribution is 2.29. The molecule has 1 aliphatic rings. The number of rotatable bonds is 3. The van der Waals surface area contributed by atoms with Crippen LogP contribution in [0.25, 0.3) is 0 Å². The fraction of sp³-hybridized carbons (Fsp3) is 0.312. The molecule has 122 valence electrons. The van der Waals surface area contributed by atoms with E-state index in [-0.39, 0.29) is 10.9 Å². The summed E-state index contributed by atoms with van der Waals surface area (Å²) in [4.78, 5) is 4.19. The maximum Gasteiger partial charge on any atom is 0.243 e. The Morgan fingerprint density at radius 1 is 1.35 bits per heavy atom. The second-order valence-corrected chi connectivity index (χ2v) is 7.42. The highest BCUT2D eigenvalue weighted by atomic mass is 32.2. The molecule has 23 heavy (non-hydrogen) atoms. The number of aromatic nitrogens is 1. The minimum absolute atomic E-state index is 0.118. The number of halogens is 1. The quantitative estimate of drug-likeness (QED) is 0.930. The van der Waals surface area contributed by atoms with E-state index in [2.05, 4.69) is 10.3 Å². The average Bonchev–Trinajstić information content (AvgIpc) is 2.58. The van der Waals surface area contributed by atoms with Crippen LogP contribution in [0, 0.1) is 12.7 Å². The Morgan fingerprint density at radius 3 is 2.87 bits per heavy atom. The number of nitrogens with zero attached hydrogens (tertiary/aromatic N) is 2. The summed E-state index contributed by atoms with van der Waals surface area (Å²) in [6, 6.07) is 7.23. The lowest BCUT2D eigenvalue weighted by Gasteiger charge is -2.35. The third-order valence-corrected chi connectivity index (χ3v) is 5.90. The molecule has 2 heterocycles. The molecular weight excluding hydrogens is 317 g/mol. The first-order valence-corrected chi connectivity index (χ1v) is 8.83. The Hall–Kier alpha value is -1.83. The Morgan fingerprint density at radius 2 is 2.17 bits per heavy atom. The van der Waals surface area contributed by atoms with Crippen molar-refractivity contribution in [3.05, 3.63) is 59.7 Å².